The van der Waals surface area contributed by atoms with Crippen LogP contribution in [-0.2, 0) is 62.2 Å². The van der Waals surface area contributed by atoms with Gasteiger partial charge in [-0.05, 0) is 88.7 Å². The average molecular weight is 1300 g/mol. The number of benzene rings is 2. The largest absolute Gasteiger partial charge is 0.458 e. The van der Waals surface area contributed by atoms with Crippen molar-refractivity contribution in [3.05, 3.63) is 44.6 Å². The number of likely N-dealkylation sites (N-methyl/N-ethyl adjacent to an activating group) is 4. The number of fused-ring (bicyclic) bond motifs is 4. The Morgan fingerprint density at radius 2 is 1.03 bits per heavy atom. The first-order valence-corrected chi connectivity index (χ1v) is 31.4. The topological polar surface area (TPSA) is 363 Å². The predicted molar refractivity (Wildman–Crippen MR) is 335 cm³/mol. The van der Waals surface area contributed by atoms with Crippen molar-refractivity contribution in [3.63, 3.8) is 0 Å². The van der Waals surface area contributed by atoms with Gasteiger partial charge in [0.15, 0.2) is 11.3 Å². The highest BCUT2D eigenvalue weighted by Gasteiger charge is 2.47. The molecule has 1 aromatic carbocycles. The van der Waals surface area contributed by atoms with E-state index >= 15 is 14.4 Å². The van der Waals surface area contributed by atoms with Crippen LogP contribution in [0, 0.1) is 37.5 Å². The molecule has 1 aromatic rings. The number of hydrogen-bond donors (Lipinski definition) is 5. The molecule has 11 amide bonds. The number of aryl methyl sites for hydroxylation is 1. The van der Waals surface area contributed by atoms with Crippen LogP contribution in [0.25, 0.3) is 22.6 Å². The van der Waals surface area contributed by atoms with Gasteiger partial charge in [-0.1, -0.05) is 61.5 Å². The molecule has 0 spiro atoms. The Balaban J connectivity index is 1.36. The molecule has 1 aliphatic carbocycles. The molecule has 6 aliphatic rings. The first-order valence-electron chi connectivity index (χ1n) is 31.4. The third-order valence-corrected chi connectivity index (χ3v) is 17.8. The first kappa shape index (κ1) is 71.4. The number of amides is 11. The minimum absolute atomic E-state index is 0.116. The van der Waals surface area contributed by atoms with E-state index < -0.39 is 197 Å². The molecule has 506 valence electrons. The van der Waals surface area contributed by atoms with Crippen LogP contribution in [0.4, 0.5) is 5.69 Å². The fourth-order valence-electron chi connectivity index (χ4n) is 12.5. The molecule has 4 fully saturated rings. The molecule has 10 atom stereocenters. The van der Waals surface area contributed by atoms with Gasteiger partial charge in [0, 0.05) is 53.8 Å². The van der Waals surface area contributed by atoms with Gasteiger partial charge in [-0.25, -0.2) is 14.6 Å². The van der Waals surface area contributed by atoms with E-state index in [4.69, 9.17) is 18.9 Å². The summed E-state index contributed by atoms with van der Waals surface area (Å²) in [6.07, 6.45) is -1.79. The lowest BCUT2D eigenvalue weighted by Crippen LogP contribution is -2.61. The van der Waals surface area contributed by atoms with Crippen molar-refractivity contribution in [2.24, 2.45) is 23.7 Å². The maximum absolute atomic E-state index is 15.5. The molecule has 0 bridgehead atoms. The van der Waals surface area contributed by atoms with Gasteiger partial charge in [0.1, 0.15) is 77.4 Å². The molecular formula is C64H88N12O17. The lowest BCUT2D eigenvalue weighted by Gasteiger charge is -2.36. The van der Waals surface area contributed by atoms with Crippen LogP contribution in [-0.4, -0.2) is 226 Å². The SMILES string of the molecule is CC(=O)Nc1c(C(=O)NC2C(=O)NC(C(C)C)C(=O)N3CCCC3C(=O)N(C)CC(=O)N(C)C(C(C)C)C(=O)OC2C)c2nc3c(C(=O)NC4C(=O)NC(C(C)C)C(=O)N5CCCC5C(=O)N(C)CC(=O)N(C)C(C(C)C)C(=O)OC4C)ccc(C)c3oc-2c(C)c1=O. The van der Waals surface area contributed by atoms with Crippen molar-refractivity contribution in [2.75, 3.05) is 59.7 Å². The van der Waals surface area contributed by atoms with Gasteiger partial charge in [0.2, 0.25) is 58.6 Å². The summed E-state index contributed by atoms with van der Waals surface area (Å²) in [5, 5.41) is 13.1. The van der Waals surface area contributed by atoms with Crippen LogP contribution in [0.1, 0.15) is 134 Å². The highest BCUT2D eigenvalue weighted by Crippen LogP contribution is 2.36. The van der Waals surface area contributed by atoms with Gasteiger partial charge in [-0.3, -0.25) is 57.5 Å². The predicted octanol–water partition coefficient (Wildman–Crippen LogP) is 1.10. The van der Waals surface area contributed by atoms with Crippen molar-refractivity contribution in [1.82, 2.24) is 55.7 Å². The lowest BCUT2D eigenvalue weighted by molar-refractivity contribution is -0.163. The minimum atomic E-state index is -1.95. The Labute approximate surface area is 539 Å². The Bertz CT molecular complexity index is 3550. The number of aromatic nitrogens is 1. The highest BCUT2D eigenvalue weighted by molar-refractivity contribution is 6.12. The molecule has 0 radical (unpaired) electrons. The van der Waals surface area contributed by atoms with Crippen LogP contribution >= 0.6 is 0 Å². The number of nitrogens with one attached hydrogen (secondary N) is 5. The molecule has 29 nitrogen and oxygen atoms in total. The number of esters is 2. The minimum Gasteiger partial charge on any atom is -0.458 e. The second-order valence-corrected chi connectivity index (χ2v) is 26.2. The molecule has 93 heavy (non-hydrogen) atoms. The molecule has 0 aromatic heterocycles. The number of carbonyl (C=O) groups excluding carboxylic acids is 13. The number of hydrogen-bond acceptors (Lipinski definition) is 18. The van der Waals surface area contributed by atoms with E-state index in [9.17, 15) is 52.7 Å². The van der Waals surface area contributed by atoms with Gasteiger partial charge in [-0.15, -0.1) is 0 Å². The van der Waals surface area contributed by atoms with Gasteiger partial charge in [0.25, 0.3) is 11.8 Å². The van der Waals surface area contributed by atoms with Crippen LogP contribution in [0.2, 0.25) is 0 Å². The monoisotopic (exact) mass is 1300 g/mol. The van der Waals surface area contributed by atoms with E-state index in [1.54, 1.807) is 62.3 Å². The normalized spacial score (nSPS) is 25.7. The Hall–Kier alpha value is -9.05. The number of carbonyl (C=O) groups is 13. The van der Waals surface area contributed by atoms with Crippen molar-refractivity contribution in [1.29, 1.82) is 0 Å². The molecule has 5 heterocycles. The summed E-state index contributed by atoms with van der Waals surface area (Å²) >= 11 is 0. The molecule has 5 N–H and O–H groups in total. The van der Waals surface area contributed by atoms with Crippen LogP contribution < -0.4 is 32.0 Å². The molecule has 10 unspecified atom stereocenters. The maximum atomic E-state index is 15.5. The van der Waals surface area contributed by atoms with Crippen LogP contribution in [0.5, 0.6) is 0 Å². The van der Waals surface area contributed by atoms with E-state index in [2.05, 4.69) is 26.6 Å². The molecule has 7 rings (SSSR count). The zero-order chi connectivity index (χ0) is 69.3. The summed E-state index contributed by atoms with van der Waals surface area (Å²) in [7, 11) is 5.55. The Kier molecular flexibility index (Phi) is 22.1. The molecule has 29 heteroatoms. The van der Waals surface area contributed by atoms with E-state index in [0.717, 1.165) is 16.7 Å². The smallest absolute Gasteiger partial charge is 0.329 e. The Morgan fingerprint density at radius 1 is 0.602 bits per heavy atom. The number of anilines is 1. The molecule has 0 saturated carbocycles. The second kappa shape index (κ2) is 28.9. The summed E-state index contributed by atoms with van der Waals surface area (Å²) in [4.78, 5) is 214. The van der Waals surface area contributed by atoms with Gasteiger partial charge in [0.05, 0.1) is 24.2 Å². The van der Waals surface area contributed by atoms with Crippen LogP contribution in [0.3, 0.4) is 0 Å². The quantitative estimate of drug-likeness (QED) is 0.148. The maximum Gasteiger partial charge on any atom is 0.329 e. The van der Waals surface area contributed by atoms with Gasteiger partial charge < -0.3 is 69.9 Å². The summed E-state index contributed by atoms with van der Waals surface area (Å²) in [6, 6.07) is -8.19. The summed E-state index contributed by atoms with van der Waals surface area (Å²) in [5.74, 6) is -13.7. The number of ether oxygens (including phenoxy) is 2. The summed E-state index contributed by atoms with van der Waals surface area (Å²) in [6.45, 7) is 19.2. The third-order valence-electron chi connectivity index (χ3n) is 17.8. The van der Waals surface area contributed by atoms with Gasteiger partial charge in [-0.2, -0.15) is 0 Å². The zero-order valence-corrected chi connectivity index (χ0v) is 56.0. The van der Waals surface area contributed by atoms with E-state index in [0.29, 0.717) is 18.4 Å². The fraction of sp³-hybridized carbons (Fsp3) is 0.609. The second-order valence-electron chi connectivity index (χ2n) is 26.2. The van der Waals surface area contributed by atoms with Crippen molar-refractivity contribution < 1.29 is 76.2 Å². The highest BCUT2D eigenvalue weighted by atomic mass is 16.6. The van der Waals surface area contributed by atoms with Crippen molar-refractivity contribution >= 4 is 93.7 Å². The molecule has 4 saturated heterocycles. The Morgan fingerprint density at radius 3 is 1.44 bits per heavy atom. The van der Waals surface area contributed by atoms with Gasteiger partial charge >= 0.3 is 11.9 Å². The lowest BCUT2D eigenvalue weighted by atomic mass is 9.98. The number of rotatable bonds is 9. The third kappa shape index (κ3) is 14.8. The van der Waals surface area contributed by atoms with E-state index in [1.807, 2.05) is 0 Å². The number of cyclic esters (lactones) is 2. The van der Waals surface area contributed by atoms with Crippen molar-refractivity contribution in [2.45, 2.75) is 176 Å². The van der Waals surface area contributed by atoms with Crippen molar-refractivity contribution in [3.8, 4) is 11.5 Å². The van der Waals surface area contributed by atoms with E-state index in [1.165, 1.54) is 80.7 Å². The standard InChI is InChI=1S/C64H88N12O17/c1-28(2)43-61(87)75-24-18-20-38(75)59(85)71(14)26-40(78)73(16)50(30(5)6)63(89)91-34(11)45(57(83)67-43)69-55(81)37-23-22-32(9)53-47(37)66-49-42(48(65-36(13)77)52(80)33(10)54(49)93-53)56(82)70-46-35(12)92-64(90)51(31(7)8)74(17)41(79)27-72(15)60(86)39-21-19-25-76(39)62(88)44(29(3)4)68-58(46)84/h22-23,28-31,34-35,38-39,43-46,50-51H,18-21,24-27H2,1-17H3,(H,65,77)(H,67,83)(H,68,84)(H,69,81)(H,70,82). The number of nitrogens with zero attached hydrogens (tertiary/aromatic N) is 7. The molecular weight excluding hydrogens is 1210 g/mol. The summed E-state index contributed by atoms with van der Waals surface area (Å²) < 4.78 is 18.4. The van der Waals surface area contributed by atoms with Crippen LogP contribution in [0.15, 0.2) is 21.3 Å². The average Bonchev–Trinajstić information content (AvgIpc) is 1.28. The first-order chi connectivity index (χ1) is 43.5. The summed E-state index contributed by atoms with van der Waals surface area (Å²) in [5.41, 5.74) is -3.37. The van der Waals surface area contributed by atoms with E-state index in [-0.39, 0.29) is 53.9 Å². The fourth-order valence-corrected chi connectivity index (χ4v) is 12.5. The zero-order valence-electron chi connectivity index (χ0n) is 56.0. The molecule has 5 aliphatic heterocycles.